The van der Waals surface area contributed by atoms with E-state index >= 15 is 0 Å². The summed E-state index contributed by atoms with van der Waals surface area (Å²) in [5, 5.41) is 0. The third-order valence-corrected chi connectivity index (χ3v) is 3.35. The Balaban J connectivity index is 1.92. The SMILES string of the molecule is C[C@H](NNC(=O)c1ccc(N(C)C)cc1)c1ccccc1. The van der Waals surface area contributed by atoms with Crippen molar-refractivity contribution < 1.29 is 4.79 Å². The third-order valence-electron chi connectivity index (χ3n) is 3.35. The molecule has 0 bridgehead atoms. The molecule has 21 heavy (non-hydrogen) atoms. The van der Waals surface area contributed by atoms with Gasteiger partial charge in [-0.1, -0.05) is 30.3 Å². The summed E-state index contributed by atoms with van der Waals surface area (Å²) in [4.78, 5) is 14.1. The van der Waals surface area contributed by atoms with E-state index in [1.54, 1.807) is 0 Å². The summed E-state index contributed by atoms with van der Waals surface area (Å²) in [6.07, 6.45) is 0. The maximum Gasteiger partial charge on any atom is 0.265 e. The van der Waals surface area contributed by atoms with E-state index in [4.69, 9.17) is 0 Å². The van der Waals surface area contributed by atoms with Crippen molar-refractivity contribution in [3.8, 4) is 0 Å². The number of amides is 1. The minimum Gasteiger partial charge on any atom is -0.378 e. The van der Waals surface area contributed by atoms with Gasteiger partial charge in [0.25, 0.3) is 5.91 Å². The van der Waals surface area contributed by atoms with E-state index in [2.05, 4.69) is 10.9 Å². The molecular formula is C17H21N3O. The zero-order chi connectivity index (χ0) is 15.2. The van der Waals surface area contributed by atoms with Gasteiger partial charge in [-0.25, -0.2) is 5.43 Å². The molecule has 1 amide bonds. The van der Waals surface area contributed by atoms with Crippen LogP contribution >= 0.6 is 0 Å². The number of nitrogens with zero attached hydrogens (tertiary/aromatic N) is 1. The minimum atomic E-state index is -0.136. The highest BCUT2D eigenvalue weighted by atomic mass is 16.2. The van der Waals surface area contributed by atoms with Gasteiger partial charge in [-0.15, -0.1) is 0 Å². The second-order valence-corrected chi connectivity index (χ2v) is 5.17. The second-order valence-electron chi connectivity index (χ2n) is 5.17. The minimum absolute atomic E-state index is 0.0520. The Labute approximate surface area is 125 Å². The van der Waals surface area contributed by atoms with E-state index in [1.807, 2.05) is 80.5 Å². The standard InChI is InChI=1S/C17H21N3O/c1-13(14-7-5-4-6-8-14)18-19-17(21)15-9-11-16(12-10-15)20(2)3/h4-13,18H,1-3H3,(H,19,21)/t13-/m0/s1. The van der Waals surface area contributed by atoms with Gasteiger partial charge in [0.05, 0.1) is 0 Å². The Kier molecular flexibility index (Phi) is 4.95. The van der Waals surface area contributed by atoms with Gasteiger partial charge in [0.1, 0.15) is 0 Å². The van der Waals surface area contributed by atoms with Gasteiger partial charge in [0, 0.05) is 31.4 Å². The monoisotopic (exact) mass is 283 g/mol. The van der Waals surface area contributed by atoms with Crippen molar-refractivity contribution in [3.05, 3.63) is 65.7 Å². The fourth-order valence-electron chi connectivity index (χ4n) is 1.98. The molecule has 0 fully saturated rings. The Morgan fingerprint density at radius 1 is 1.00 bits per heavy atom. The Hall–Kier alpha value is -2.33. The van der Waals surface area contributed by atoms with Crippen molar-refractivity contribution >= 4 is 11.6 Å². The molecule has 2 rings (SSSR count). The first kappa shape index (κ1) is 15.1. The largest absolute Gasteiger partial charge is 0.378 e. The molecule has 0 aliphatic heterocycles. The number of rotatable bonds is 5. The lowest BCUT2D eigenvalue weighted by molar-refractivity contribution is 0.0926. The highest BCUT2D eigenvalue weighted by molar-refractivity contribution is 5.94. The van der Waals surface area contributed by atoms with Gasteiger partial charge in [-0.3, -0.25) is 10.2 Å². The number of anilines is 1. The summed E-state index contributed by atoms with van der Waals surface area (Å²) in [7, 11) is 3.94. The fourth-order valence-corrected chi connectivity index (χ4v) is 1.98. The van der Waals surface area contributed by atoms with E-state index < -0.39 is 0 Å². The topological polar surface area (TPSA) is 44.4 Å². The lowest BCUT2D eigenvalue weighted by Crippen LogP contribution is -2.39. The first-order valence-corrected chi connectivity index (χ1v) is 6.96. The fraction of sp³-hybridized carbons (Fsp3) is 0.235. The maximum absolute atomic E-state index is 12.1. The van der Waals surface area contributed by atoms with Crippen molar-refractivity contribution in [1.29, 1.82) is 0 Å². The van der Waals surface area contributed by atoms with Crippen molar-refractivity contribution in [2.45, 2.75) is 13.0 Å². The number of hydrogen-bond donors (Lipinski definition) is 2. The number of nitrogens with one attached hydrogen (secondary N) is 2. The highest BCUT2D eigenvalue weighted by Gasteiger charge is 2.08. The van der Waals surface area contributed by atoms with Crippen molar-refractivity contribution in [2.24, 2.45) is 0 Å². The van der Waals surface area contributed by atoms with E-state index in [0.29, 0.717) is 5.56 Å². The average Bonchev–Trinajstić information content (AvgIpc) is 2.53. The molecule has 0 spiro atoms. The van der Waals surface area contributed by atoms with Crippen LogP contribution in [0.5, 0.6) is 0 Å². The number of carbonyl (C=O) groups is 1. The van der Waals surface area contributed by atoms with Crippen LogP contribution in [0, 0.1) is 0 Å². The second kappa shape index (κ2) is 6.90. The number of hydrazine groups is 1. The van der Waals surface area contributed by atoms with Gasteiger partial charge in [0.15, 0.2) is 0 Å². The van der Waals surface area contributed by atoms with Crippen LogP contribution < -0.4 is 15.8 Å². The summed E-state index contributed by atoms with van der Waals surface area (Å²) in [6.45, 7) is 2.00. The first-order chi connectivity index (χ1) is 10.1. The quantitative estimate of drug-likeness (QED) is 0.829. The Morgan fingerprint density at radius 3 is 2.19 bits per heavy atom. The van der Waals surface area contributed by atoms with Crippen LogP contribution in [-0.4, -0.2) is 20.0 Å². The molecule has 2 aromatic carbocycles. The van der Waals surface area contributed by atoms with Crippen molar-refractivity contribution in [3.63, 3.8) is 0 Å². The smallest absolute Gasteiger partial charge is 0.265 e. The van der Waals surface area contributed by atoms with E-state index in [1.165, 1.54) is 0 Å². The van der Waals surface area contributed by atoms with Crippen LogP contribution in [0.1, 0.15) is 28.9 Å². The van der Waals surface area contributed by atoms with E-state index in [-0.39, 0.29) is 11.9 Å². The lowest BCUT2D eigenvalue weighted by Gasteiger charge is -2.16. The molecule has 0 radical (unpaired) electrons. The van der Waals surface area contributed by atoms with Gasteiger partial charge in [0.2, 0.25) is 0 Å². The first-order valence-electron chi connectivity index (χ1n) is 6.96. The van der Waals surface area contributed by atoms with Gasteiger partial charge < -0.3 is 4.90 Å². The van der Waals surface area contributed by atoms with Crippen molar-refractivity contribution in [2.75, 3.05) is 19.0 Å². The molecule has 110 valence electrons. The van der Waals surface area contributed by atoms with Gasteiger partial charge >= 0.3 is 0 Å². The average molecular weight is 283 g/mol. The predicted molar refractivity (Wildman–Crippen MR) is 86.2 cm³/mol. The van der Waals surface area contributed by atoms with Crippen LogP contribution in [0.15, 0.2) is 54.6 Å². The van der Waals surface area contributed by atoms with Crippen LogP contribution in [-0.2, 0) is 0 Å². The van der Waals surface area contributed by atoms with Crippen LogP contribution in [0.2, 0.25) is 0 Å². The summed E-state index contributed by atoms with van der Waals surface area (Å²) in [6, 6.07) is 17.5. The predicted octanol–water partition coefficient (Wildman–Crippen LogP) is 2.75. The van der Waals surface area contributed by atoms with E-state index in [9.17, 15) is 4.79 Å². The number of benzene rings is 2. The molecule has 2 aromatic rings. The van der Waals surface area contributed by atoms with Crippen LogP contribution in [0.4, 0.5) is 5.69 Å². The molecule has 0 saturated carbocycles. The molecule has 1 atom stereocenters. The normalized spacial score (nSPS) is 11.8. The van der Waals surface area contributed by atoms with E-state index in [0.717, 1.165) is 11.3 Å². The molecule has 0 saturated heterocycles. The van der Waals surface area contributed by atoms with Crippen molar-refractivity contribution in [1.82, 2.24) is 10.9 Å². The Morgan fingerprint density at radius 2 is 1.62 bits per heavy atom. The molecular weight excluding hydrogens is 262 g/mol. The lowest BCUT2D eigenvalue weighted by atomic mass is 10.1. The van der Waals surface area contributed by atoms with Crippen LogP contribution in [0.25, 0.3) is 0 Å². The molecule has 0 aromatic heterocycles. The zero-order valence-electron chi connectivity index (χ0n) is 12.6. The molecule has 0 heterocycles. The molecule has 4 heteroatoms. The zero-order valence-corrected chi connectivity index (χ0v) is 12.6. The third kappa shape index (κ3) is 4.07. The van der Waals surface area contributed by atoms with Crippen LogP contribution in [0.3, 0.4) is 0 Å². The maximum atomic E-state index is 12.1. The summed E-state index contributed by atoms with van der Waals surface area (Å²) in [5.41, 5.74) is 8.59. The summed E-state index contributed by atoms with van der Waals surface area (Å²) in [5.74, 6) is -0.136. The Bertz CT molecular complexity index is 579. The van der Waals surface area contributed by atoms with Gasteiger partial charge in [-0.2, -0.15) is 0 Å². The molecule has 0 aliphatic rings. The molecule has 0 unspecified atom stereocenters. The molecule has 4 nitrogen and oxygen atoms in total. The number of carbonyl (C=O) groups excluding carboxylic acids is 1. The summed E-state index contributed by atoms with van der Waals surface area (Å²) < 4.78 is 0. The highest BCUT2D eigenvalue weighted by Crippen LogP contribution is 2.13. The molecule has 0 aliphatic carbocycles. The van der Waals surface area contributed by atoms with Gasteiger partial charge in [-0.05, 0) is 36.8 Å². The number of hydrogen-bond acceptors (Lipinski definition) is 3. The summed E-state index contributed by atoms with van der Waals surface area (Å²) >= 11 is 0. The molecule has 2 N–H and O–H groups in total.